The molecule has 35 heavy (non-hydrogen) atoms. The number of non-ortho nitro benzene ring substituents is 1. The third kappa shape index (κ3) is 5.68. The molecule has 174 valence electrons. The van der Waals surface area contributed by atoms with Crippen LogP contribution in [0.5, 0.6) is 11.5 Å². The number of allylic oxidation sites excluding steroid dienone is 1. The van der Waals surface area contributed by atoms with Crippen molar-refractivity contribution in [2.45, 2.75) is 13.5 Å². The van der Waals surface area contributed by atoms with E-state index in [1.165, 1.54) is 12.1 Å². The van der Waals surface area contributed by atoms with Gasteiger partial charge in [0.2, 0.25) is 0 Å². The molecule has 0 bridgehead atoms. The summed E-state index contributed by atoms with van der Waals surface area (Å²) in [6.07, 6.45) is 1.82. The maximum absolute atomic E-state index is 10.9. The molecule has 0 heterocycles. The van der Waals surface area contributed by atoms with Gasteiger partial charge in [0, 0.05) is 16.6 Å². The van der Waals surface area contributed by atoms with Crippen molar-refractivity contribution in [1.29, 1.82) is 5.26 Å². The molecule has 0 atom stereocenters. The molecule has 6 nitrogen and oxygen atoms in total. The van der Waals surface area contributed by atoms with Gasteiger partial charge in [-0.3, -0.25) is 10.1 Å². The zero-order chi connectivity index (χ0) is 24.8. The molecule has 0 aliphatic heterocycles. The second kappa shape index (κ2) is 10.9. The van der Waals surface area contributed by atoms with E-state index in [0.29, 0.717) is 23.7 Å². The van der Waals surface area contributed by atoms with Crippen LogP contribution in [0.15, 0.2) is 83.3 Å². The molecule has 0 aliphatic carbocycles. The Hall–Kier alpha value is -4.15. The Morgan fingerprint density at radius 1 is 1.00 bits per heavy atom. The second-order valence-corrected chi connectivity index (χ2v) is 8.55. The lowest BCUT2D eigenvalue weighted by Crippen LogP contribution is -2.01. The molecule has 0 unspecified atom stereocenters. The molecule has 4 aromatic carbocycles. The van der Waals surface area contributed by atoms with Gasteiger partial charge in [0.15, 0.2) is 11.5 Å². The van der Waals surface area contributed by atoms with Crippen molar-refractivity contribution in [3.63, 3.8) is 0 Å². The van der Waals surface area contributed by atoms with Gasteiger partial charge in [0.05, 0.1) is 23.2 Å². The quantitative estimate of drug-likeness (QED) is 0.102. The maximum Gasteiger partial charge on any atom is 0.269 e. The number of fused-ring (bicyclic) bond motifs is 1. The summed E-state index contributed by atoms with van der Waals surface area (Å²) in [5.41, 5.74) is 2.96. The summed E-state index contributed by atoms with van der Waals surface area (Å²) in [5, 5.41) is 22.9. The molecular weight excluding hydrogens is 508 g/mol. The average Bonchev–Trinajstić information content (AvgIpc) is 2.88. The highest BCUT2D eigenvalue weighted by molar-refractivity contribution is 9.10. The Morgan fingerprint density at radius 3 is 2.40 bits per heavy atom. The number of nitro groups is 1. The van der Waals surface area contributed by atoms with E-state index in [1.807, 2.05) is 61.5 Å². The van der Waals surface area contributed by atoms with E-state index < -0.39 is 4.92 Å². The molecule has 0 amide bonds. The van der Waals surface area contributed by atoms with Crippen LogP contribution >= 0.6 is 15.9 Å². The van der Waals surface area contributed by atoms with Crippen molar-refractivity contribution < 1.29 is 14.4 Å². The van der Waals surface area contributed by atoms with Crippen LogP contribution in [0.4, 0.5) is 5.69 Å². The van der Waals surface area contributed by atoms with Gasteiger partial charge in [0.25, 0.3) is 5.69 Å². The molecule has 0 radical (unpaired) electrons. The van der Waals surface area contributed by atoms with Crippen molar-refractivity contribution in [3.8, 4) is 17.6 Å². The van der Waals surface area contributed by atoms with E-state index in [1.54, 1.807) is 18.2 Å². The topological polar surface area (TPSA) is 85.4 Å². The van der Waals surface area contributed by atoms with Crippen LogP contribution in [-0.4, -0.2) is 11.5 Å². The Kier molecular flexibility index (Phi) is 7.44. The van der Waals surface area contributed by atoms with Crippen LogP contribution in [0.1, 0.15) is 23.6 Å². The van der Waals surface area contributed by atoms with Crippen LogP contribution in [0, 0.1) is 21.4 Å². The molecule has 4 rings (SSSR count). The standard InChI is InChI=1S/C28H21BrN2O4/c1-2-34-27-15-23(14-24(17-30)22-10-9-20-5-3-4-6-21(20)13-22)26(29)16-28(27)35-18-19-7-11-25(12-8-19)31(32)33/h3-16H,2,18H2,1H3/b24-14-. The molecule has 4 aromatic rings. The van der Waals surface area contributed by atoms with Gasteiger partial charge in [-0.25, -0.2) is 0 Å². The second-order valence-electron chi connectivity index (χ2n) is 7.70. The summed E-state index contributed by atoms with van der Waals surface area (Å²) in [4.78, 5) is 10.4. The fourth-order valence-corrected chi connectivity index (χ4v) is 4.05. The van der Waals surface area contributed by atoms with E-state index >= 15 is 0 Å². The Balaban J connectivity index is 1.62. The Bertz CT molecular complexity index is 1460. The molecular formula is C28H21BrN2O4. The van der Waals surface area contributed by atoms with Crippen LogP contribution in [0.2, 0.25) is 0 Å². The lowest BCUT2D eigenvalue weighted by atomic mass is 10.00. The summed E-state index contributed by atoms with van der Waals surface area (Å²) in [6, 6.07) is 26.1. The number of ether oxygens (including phenoxy) is 2. The lowest BCUT2D eigenvalue weighted by Gasteiger charge is -2.14. The van der Waals surface area contributed by atoms with Gasteiger partial charge in [-0.2, -0.15) is 5.26 Å². The minimum Gasteiger partial charge on any atom is -0.490 e. The van der Waals surface area contributed by atoms with E-state index in [9.17, 15) is 15.4 Å². The molecule has 0 spiro atoms. The zero-order valence-corrected chi connectivity index (χ0v) is 20.5. The van der Waals surface area contributed by atoms with E-state index in [-0.39, 0.29) is 12.3 Å². The first-order valence-electron chi connectivity index (χ1n) is 10.9. The van der Waals surface area contributed by atoms with E-state index in [4.69, 9.17) is 9.47 Å². The predicted octanol–water partition coefficient (Wildman–Crippen LogP) is 7.55. The zero-order valence-electron chi connectivity index (χ0n) is 18.9. The molecule has 0 saturated heterocycles. The van der Waals surface area contributed by atoms with E-state index in [0.717, 1.165) is 31.9 Å². The molecule has 0 N–H and O–H groups in total. The first-order chi connectivity index (χ1) is 17.0. The first kappa shape index (κ1) is 24.0. The number of nitrogens with zero attached hydrogens (tertiary/aromatic N) is 2. The van der Waals surface area contributed by atoms with Crippen LogP contribution in [0.3, 0.4) is 0 Å². The number of rotatable bonds is 8. The van der Waals surface area contributed by atoms with Crippen LogP contribution in [0.25, 0.3) is 22.4 Å². The van der Waals surface area contributed by atoms with Gasteiger partial charge in [0.1, 0.15) is 6.61 Å². The highest BCUT2D eigenvalue weighted by Crippen LogP contribution is 2.36. The van der Waals surface area contributed by atoms with Gasteiger partial charge in [-0.1, -0.05) is 52.3 Å². The number of benzene rings is 4. The highest BCUT2D eigenvalue weighted by Gasteiger charge is 2.13. The summed E-state index contributed by atoms with van der Waals surface area (Å²) >= 11 is 3.59. The molecule has 0 saturated carbocycles. The Morgan fingerprint density at radius 2 is 1.71 bits per heavy atom. The fraction of sp³-hybridized carbons (Fsp3) is 0.107. The lowest BCUT2D eigenvalue weighted by molar-refractivity contribution is -0.384. The van der Waals surface area contributed by atoms with Crippen molar-refractivity contribution in [3.05, 3.63) is 110 Å². The minimum absolute atomic E-state index is 0.0300. The Labute approximate surface area is 211 Å². The summed E-state index contributed by atoms with van der Waals surface area (Å²) in [7, 11) is 0. The average molecular weight is 529 g/mol. The number of nitriles is 1. The summed E-state index contributed by atoms with van der Waals surface area (Å²) in [6.45, 7) is 2.54. The third-order valence-electron chi connectivity index (χ3n) is 5.39. The van der Waals surface area contributed by atoms with Crippen molar-refractivity contribution in [2.24, 2.45) is 0 Å². The molecule has 0 aromatic heterocycles. The van der Waals surface area contributed by atoms with E-state index in [2.05, 4.69) is 22.0 Å². The highest BCUT2D eigenvalue weighted by atomic mass is 79.9. The normalized spacial score (nSPS) is 11.2. The van der Waals surface area contributed by atoms with Crippen molar-refractivity contribution >= 4 is 44.0 Å². The first-order valence-corrected chi connectivity index (χ1v) is 11.7. The number of halogens is 1. The van der Waals surface area contributed by atoms with Crippen molar-refractivity contribution in [2.75, 3.05) is 6.61 Å². The van der Waals surface area contributed by atoms with Crippen molar-refractivity contribution in [1.82, 2.24) is 0 Å². The van der Waals surface area contributed by atoms with Gasteiger partial charge >= 0.3 is 0 Å². The summed E-state index contributed by atoms with van der Waals surface area (Å²) in [5.74, 6) is 1.07. The minimum atomic E-state index is -0.436. The summed E-state index contributed by atoms with van der Waals surface area (Å²) < 4.78 is 12.5. The van der Waals surface area contributed by atoms with Gasteiger partial charge < -0.3 is 9.47 Å². The number of hydrogen-bond acceptors (Lipinski definition) is 5. The smallest absolute Gasteiger partial charge is 0.269 e. The predicted molar refractivity (Wildman–Crippen MR) is 140 cm³/mol. The molecule has 0 aliphatic rings. The maximum atomic E-state index is 10.9. The largest absolute Gasteiger partial charge is 0.490 e. The van der Waals surface area contributed by atoms with Crippen LogP contribution < -0.4 is 9.47 Å². The monoisotopic (exact) mass is 528 g/mol. The third-order valence-corrected chi connectivity index (χ3v) is 6.07. The number of nitro benzene ring substituents is 1. The SMILES string of the molecule is CCOc1cc(/C=C(/C#N)c2ccc3ccccc3c2)c(Br)cc1OCc1ccc([N+](=O)[O-])cc1. The molecule has 0 fully saturated rings. The number of hydrogen-bond donors (Lipinski definition) is 0. The van der Waals surface area contributed by atoms with Crippen LogP contribution in [-0.2, 0) is 6.61 Å². The van der Waals surface area contributed by atoms with Gasteiger partial charge in [-0.05, 0) is 70.8 Å². The fourth-order valence-electron chi connectivity index (χ4n) is 3.61. The molecule has 7 heteroatoms. The van der Waals surface area contributed by atoms with Gasteiger partial charge in [-0.15, -0.1) is 0 Å².